The zero-order chi connectivity index (χ0) is 14.7. The summed E-state index contributed by atoms with van der Waals surface area (Å²) in [5.41, 5.74) is 0.675. The van der Waals surface area contributed by atoms with Crippen LogP contribution in [-0.2, 0) is 0 Å². The molecule has 1 aromatic carbocycles. The van der Waals surface area contributed by atoms with E-state index in [2.05, 4.69) is 15.6 Å². The van der Waals surface area contributed by atoms with Crippen LogP contribution >= 0.6 is 0 Å². The van der Waals surface area contributed by atoms with Gasteiger partial charge in [0.05, 0.1) is 25.0 Å². The number of para-hydroxylation sites is 2. The topological polar surface area (TPSA) is 72.3 Å². The van der Waals surface area contributed by atoms with Crippen LogP contribution in [0.25, 0.3) is 0 Å². The van der Waals surface area contributed by atoms with Crippen LogP contribution in [-0.4, -0.2) is 46.1 Å². The molecule has 7 heteroatoms. The normalized spacial score (nSPS) is 17.8. The summed E-state index contributed by atoms with van der Waals surface area (Å²) in [6.07, 6.45) is 4.35. The summed E-state index contributed by atoms with van der Waals surface area (Å²) < 4.78 is 7.04. The fourth-order valence-corrected chi connectivity index (χ4v) is 2.50. The number of rotatable bonds is 3. The van der Waals surface area contributed by atoms with Crippen molar-refractivity contribution in [2.75, 3.05) is 25.5 Å². The number of benzene rings is 1. The Hall–Kier alpha value is -2.57. The van der Waals surface area contributed by atoms with Crippen molar-refractivity contribution in [2.45, 2.75) is 12.5 Å². The minimum Gasteiger partial charge on any atom is -0.495 e. The molecular formula is C14H17N5O2. The van der Waals surface area contributed by atoms with Gasteiger partial charge in [0.2, 0.25) is 0 Å². The van der Waals surface area contributed by atoms with Crippen molar-refractivity contribution in [3.8, 4) is 5.75 Å². The van der Waals surface area contributed by atoms with Crippen LogP contribution in [0.1, 0.15) is 12.5 Å². The Balaban J connectivity index is 1.64. The standard InChI is InChI=1S/C14H17N5O2/c1-21-13-5-3-2-4-12(13)16-14(20)18-8-6-11(10-18)19-9-7-15-17-19/h2-5,7,9,11H,6,8,10H2,1H3,(H,16,20). The maximum atomic E-state index is 12.3. The van der Waals surface area contributed by atoms with E-state index in [1.54, 1.807) is 22.9 Å². The van der Waals surface area contributed by atoms with Gasteiger partial charge in [0.25, 0.3) is 0 Å². The van der Waals surface area contributed by atoms with Crippen LogP contribution in [0.4, 0.5) is 10.5 Å². The second-order valence-corrected chi connectivity index (χ2v) is 4.90. The Labute approximate surface area is 122 Å². The number of hydrogen-bond acceptors (Lipinski definition) is 4. The molecule has 1 fully saturated rings. The van der Waals surface area contributed by atoms with Crippen molar-refractivity contribution in [2.24, 2.45) is 0 Å². The van der Waals surface area contributed by atoms with Crippen molar-refractivity contribution in [1.29, 1.82) is 0 Å². The van der Waals surface area contributed by atoms with Crippen molar-refractivity contribution >= 4 is 11.7 Å². The van der Waals surface area contributed by atoms with Gasteiger partial charge in [-0.15, -0.1) is 5.10 Å². The molecule has 2 amide bonds. The average Bonchev–Trinajstić information content (AvgIpc) is 3.18. The Morgan fingerprint density at radius 1 is 1.43 bits per heavy atom. The minimum absolute atomic E-state index is 0.123. The number of urea groups is 1. The predicted molar refractivity (Wildman–Crippen MR) is 77.3 cm³/mol. The molecule has 0 bridgehead atoms. The lowest BCUT2D eigenvalue weighted by Gasteiger charge is -2.18. The van der Waals surface area contributed by atoms with Gasteiger partial charge in [-0.25, -0.2) is 9.48 Å². The SMILES string of the molecule is COc1ccccc1NC(=O)N1CCC(n2ccnn2)C1. The van der Waals surface area contributed by atoms with E-state index in [-0.39, 0.29) is 12.1 Å². The largest absolute Gasteiger partial charge is 0.495 e. The van der Waals surface area contributed by atoms with Crippen molar-refractivity contribution in [3.63, 3.8) is 0 Å². The van der Waals surface area contributed by atoms with E-state index in [4.69, 9.17) is 4.74 Å². The van der Waals surface area contributed by atoms with Crippen LogP contribution in [0.3, 0.4) is 0 Å². The molecule has 7 nitrogen and oxygen atoms in total. The summed E-state index contributed by atoms with van der Waals surface area (Å²) in [6.45, 7) is 1.33. The van der Waals surface area contributed by atoms with Gasteiger partial charge in [0, 0.05) is 19.3 Å². The molecule has 1 aliphatic heterocycles. The number of nitrogens with zero attached hydrogens (tertiary/aromatic N) is 4. The lowest BCUT2D eigenvalue weighted by atomic mass is 10.3. The lowest BCUT2D eigenvalue weighted by molar-refractivity contribution is 0.220. The number of methoxy groups -OCH3 is 1. The fraction of sp³-hybridized carbons (Fsp3) is 0.357. The van der Waals surface area contributed by atoms with Gasteiger partial charge < -0.3 is 15.0 Å². The highest BCUT2D eigenvalue weighted by molar-refractivity contribution is 5.91. The highest BCUT2D eigenvalue weighted by atomic mass is 16.5. The molecule has 1 aromatic heterocycles. The molecule has 2 aromatic rings. The number of amides is 2. The molecule has 1 N–H and O–H groups in total. The highest BCUT2D eigenvalue weighted by Gasteiger charge is 2.28. The first-order chi connectivity index (χ1) is 10.3. The number of ether oxygens (including phenoxy) is 1. The number of anilines is 1. The average molecular weight is 287 g/mol. The summed E-state index contributed by atoms with van der Waals surface area (Å²) in [5.74, 6) is 0.651. The second-order valence-electron chi connectivity index (χ2n) is 4.90. The third-order valence-electron chi connectivity index (χ3n) is 3.61. The number of carbonyl (C=O) groups excluding carboxylic acids is 1. The molecule has 1 unspecified atom stereocenters. The van der Waals surface area contributed by atoms with E-state index in [0.29, 0.717) is 24.5 Å². The summed E-state index contributed by atoms with van der Waals surface area (Å²) in [4.78, 5) is 14.1. The van der Waals surface area contributed by atoms with E-state index in [1.165, 1.54) is 0 Å². The molecule has 110 valence electrons. The lowest BCUT2D eigenvalue weighted by Crippen LogP contribution is -2.33. The molecule has 0 radical (unpaired) electrons. The minimum atomic E-state index is -0.123. The maximum absolute atomic E-state index is 12.3. The van der Waals surface area contributed by atoms with Gasteiger partial charge in [-0.05, 0) is 18.6 Å². The van der Waals surface area contributed by atoms with E-state index in [0.717, 1.165) is 6.42 Å². The zero-order valence-electron chi connectivity index (χ0n) is 11.8. The van der Waals surface area contributed by atoms with E-state index in [9.17, 15) is 4.79 Å². The molecule has 21 heavy (non-hydrogen) atoms. The van der Waals surface area contributed by atoms with Crippen LogP contribution in [0, 0.1) is 0 Å². The van der Waals surface area contributed by atoms with Crippen LogP contribution in [0.15, 0.2) is 36.7 Å². The van der Waals surface area contributed by atoms with Crippen LogP contribution in [0.2, 0.25) is 0 Å². The van der Waals surface area contributed by atoms with Crippen LogP contribution < -0.4 is 10.1 Å². The zero-order valence-corrected chi connectivity index (χ0v) is 11.8. The molecule has 3 rings (SSSR count). The van der Waals surface area contributed by atoms with Crippen molar-refractivity contribution < 1.29 is 9.53 Å². The third-order valence-corrected chi connectivity index (χ3v) is 3.61. The Morgan fingerprint density at radius 2 is 2.29 bits per heavy atom. The molecular weight excluding hydrogens is 270 g/mol. The molecule has 0 saturated carbocycles. The van der Waals surface area contributed by atoms with E-state index < -0.39 is 0 Å². The highest BCUT2D eigenvalue weighted by Crippen LogP contribution is 2.25. The van der Waals surface area contributed by atoms with Crippen LogP contribution in [0.5, 0.6) is 5.75 Å². The predicted octanol–water partition coefficient (Wildman–Crippen LogP) is 1.77. The van der Waals surface area contributed by atoms with E-state index in [1.807, 2.05) is 30.5 Å². The monoisotopic (exact) mass is 287 g/mol. The van der Waals surface area contributed by atoms with Gasteiger partial charge in [-0.2, -0.15) is 0 Å². The number of hydrogen-bond donors (Lipinski definition) is 1. The first kappa shape index (κ1) is 13.4. The fourth-order valence-electron chi connectivity index (χ4n) is 2.50. The second kappa shape index (κ2) is 5.82. The number of likely N-dealkylation sites (tertiary alicyclic amines) is 1. The van der Waals surface area contributed by atoms with Gasteiger partial charge in [0.15, 0.2) is 0 Å². The Kier molecular flexibility index (Phi) is 3.72. The number of nitrogens with one attached hydrogen (secondary N) is 1. The maximum Gasteiger partial charge on any atom is 0.322 e. The van der Waals surface area contributed by atoms with Gasteiger partial charge in [-0.1, -0.05) is 17.3 Å². The molecule has 1 aliphatic rings. The summed E-state index contributed by atoms with van der Waals surface area (Å²) in [6, 6.07) is 7.43. The van der Waals surface area contributed by atoms with Crippen molar-refractivity contribution in [3.05, 3.63) is 36.7 Å². The molecule has 0 spiro atoms. The number of carbonyl (C=O) groups is 1. The summed E-state index contributed by atoms with van der Waals surface area (Å²) in [5, 5.41) is 10.7. The third kappa shape index (κ3) is 2.81. The van der Waals surface area contributed by atoms with Gasteiger partial charge in [0.1, 0.15) is 5.75 Å². The molecule has 1 atom stereocenters. The summed E-state index contributed by atoms with van der Waals surface area (Å²) in [7, 11) is 1.58. The first-order valence-electron chi connectivity index (χ1n) is 6.82. The quantitative estimate of drug-likeness (QED) is 0.933. The molecule has 1 saturated heterocycles. The molecule has 2 heterocycles. The summed E-state index contributed by atoms with van der Waals surface area (Å²) >= 11 is 0. The van der Waals surface area contributed by atoms with Crippen molar-refractivity contribution in [1.82, 2.24) is 19.9 Å². The van der Waals surface area contributed by atoms with Gasteiger partial charge >= 0.3 is 6.03 Å². The van der Waals surface area contributed by atoms with E-state index >= 15 is 0 Å². The number of aromatic nitrogens is 3. The Morgan fingerprint density at radius 3 is 3.05 bits per heavy atom. The molecule has 0 aliphatic carbocycles. The first-order valence-corrected chi connectivity index (χ1v) is 6.82. The Bertz CT molecular complexity index is 614. The van der Waals surface area contributed by atoms with Gasteiger partial charge in [-0.3, -0.25) is 0 Å². The smallest absolute Gasteiger partial charge is 0.322 e.